The number of carbonyl (C=O) groups excluding carboxylic acids is 1. The fraction of sp³-hybridized carbons (Fsp3) is 0.542. The number of aromatic nitrogens is 2. The van der Waals surface area contributed by atoms with Crippen molar-refractivity contribution in [3.8, 4) is 0 Å². The van der Waals surface area contributed by atoms with Gasteiger partial charge in [0.05, 0.1) is 12.2 Å². The van der Waals surface area contributed by atoms with Crippen LogP contribution in [0.5, 0.6) is 0 Å². The number of hydrogen-bond donors (Lipinski definition) is 1. The first-order chi connectivity index (χ1) is 14.9. The Labute approximate surface area is 186 Å². The third-order valence-electron chi connectivity index (χ3n) is 5.67. The first kappa shape index (κ1) is 23.2. The Balaban J connectivity index is 1.72. The Hall–Kier alpha value is -2.51. The van der Waals surface area contributed by atoms with Gasteiger partial charge in [0.15, 0.2) is 0 Å². The zero-order valence-corrected chi connectivity index (χ0v) is 19.6. The van der Waals surface area contributed by atoms with Gasteiger partial charge in [-0.15, -0.1) is 0 Å². The highest BCUT2D eigenvalue weighted by Gasteiger charge is 2.21. The molecular weight excluding hydrogens is 388 g/mol. The van der Waals surface area contributed by atoms with Crippen LogP contribution in [0, 0.1) is 6.92 Å². The summed E-state index contributed by atoms with van der Waals surface area (Å²) >= 11 is 0. The molecule has 0 aliphatic carbocycles. The minimum Gasteiger partial charge on any atom is -0.363 e. The molecule has 2 heterocycles. The normalized spacial score (nSPS) is 16.4. The lowest BCUT2D eigenvalue weighted by molar-refractivity contribution is -0.119. The van der Waals surface area contributed by atoms with Gasteiger partial charge < -0.3 is 15.1 Å². The molecule has 1 amide bonds. The van der Waals surface area contributed by atoms with E-state index in [1.165, 1.54) is 0 Å². The van der Waals surface area contributed by atoms with Crippen LogP contribution in [0.1, 0.15) is 42.8 Å². The maximum atomic E-state index is 13.0. The molecule has 1 fully saturated rings. The van der Waals surface area contributed by atoms with E-state index in [0.29, 0.717) is 25.6 Å². The van der Waals surface area contributed by atoms with Gasteiger partial charge in [0, 0.05) is 51.4 Å². The number of carbonyl (C=O) groups is 1. The molecule has 0 saturated carbocycles. The van der Waals surface area contributed by atoms with E-state index < -0.39 is 0 Å². The molecule has 1 atom stereocenters. The van der Waals surface area contributed by atoms with E-state index in [2.05, 4.69) is 11.4 Å². The topological polar surface area (TPSA) is 64.6 Å². The van der Waals surface area contributed by atoms with Crippen LogP contribution in [0.4, 0.5) is 11.5 Å². The van der Waals surface area contributed by atoms with Gasteiger partial charge in [-0.05, 0) is 58.0 Å². The van der Waals surface area contributed by atoms with Crippen LogP contribution in [0.15, 0.2) is 30.3 Å². The minimum atomic E-state index is 0.0918. The van der Waals surface area contributed by atoms with Crippen LogP contribution in [0.3, 0.4) is 0 Å². The number of anilines is 2. The summed E-state index contributed by atoms with van der Waals surface area (Å²) in [5.74, 6) is 2.26. The predicted octanol–water partition coefficient (Wildman–Crippen LogP) is 2.80. The molecule has 0 spiro atoms. The average molecular weight is 425 g/mol. The van der Waals surface area contributed by atoms with Crippen LogP contribution >= 0.6 is 0 Å². The molecule has 2 aromatic rings. The lowest BCUT2D eigenvalue weighted by Gasteiger charge is -2.26. The third-order valence-corrected chi connectivity index (χ3v) is 5.67. The fourth-order valence-corrected chi connectivity index (χ4v) is 4.02. The van der Waals surface area contributed by atoms with Crippen molar-refractivity contribution in [1.29, 1.82) is 0 Å². The summed E-state index contributed by atoms with van der Waals surface area (Å²) in [5.41, 5.74) is 3.05. The summed E-state index contributed by atoms with van der Waals surface area (Å²) in [6.45, 7) is 7.64. The van der Waals surface area contributed by atoms with Crippen molar-refractivity contribution in [2.75, 3.05) is 57.1 Å². The van der Waals surface area contributed by atoms with Crippen molar-refractivity contribution in [2.24, 2.45) is 0 Å². The Morgan fingerprint density at radius 3 is 2.65 bits per heavy atom. The Bertz CT molecular complexity index is 878. The third kappa shape index (κ3) is 6.24. The zero-order valence-electron chi connectivity index (χ0n) is 19.6. The molecule has 1 aromatic carbocycles. The van der Waals surface area contributed by atoms with Gasteiger partial charge in [0.2, 0.25) is 5.91 Å². The largest absolute Gasteiger partial charge is 0.363 e. The maximum Gasteiger partial charge on any atom is 0.241 e. The van der Waals surface area contributed by atoms with Gasteiger partial charge in [-0.3, -0.25) is 9.69 Å². The van der Waals surface area contributed by atoms with Gasteiger partial charge in [-0.25, -0.2) is 9.97 Å². The number of likely N-dealkylation sites (N-methyl/N-ethyl adjacent to an activating group) is 2. The molecule has 1 unspecified atom stereocenters. The summed E-state index contributed by atoms with van der Waals surface area (Å²) in [5, 5.41) is 3.45. The number of piperidine rings is 1. The Morgan fingerprint density at radius 2 is 2.00 bits per heavy atom. The van der Waals surface area contributed by atoms with Crippen molar-refractivity contribution >= 4 is 17.4 Å². The molecule has 31 heavy (non-hydrogen) atoms. The average Bonchev–Trinajstić information content (AvgIpc) is 2.74. The van der Waals surface area contributed by atoms with Gasteiger partial charge in [0.25, 0.3) is 0 Å². The second kappa shape index (κ2) is 10.7. The number of nitrogens with one attached hydrogen (secondary N) is 1. The molecule has 1 N–H and O–H groups in total. The van der Waals surface area contributed by atoms with Crippen molar-refractivity contribution in [3.05, 3.63) is 47.4 Å². The highest BCUT2D eigenvalue weighted by molar-refractivity contribution is 5.94. The van der Waals surface area contributed by atoms with Crippen molar-refractivity contribution < 1.29 is 4.79 Å². The summed E-state index contributed by atoms with van der Waals surface area (Å²) < 4.78 is 0. The van der Waals surface area contributed by atoms with Gasteiger partial charge in [0.1, 0.15) is 11.6 Å². The van der Waals surface area contributed by atoms with Crippen LogP contribution < -0.4 is 15.1 Å². The number of nitrogens with zero attached hydrogens (tertiary/aromatic N) is 5. The van der Waals surface area contributed by atoms with Crippen LogP contribution in [-0.2, 0) is 11.3 Å². The Kier molecular flexibility index (Phi) is 7.98. The van der Waals surface area contributed by atoms with Crippen LogP contribution in [0.2, 0.25) is 0 Å². The molecule has 7 heteroatoms. The van der Waals surface area contributed by atoms with E-state index in [9.17, 15) is 4.79 Å². The molecule has 3 rings (SSSR count). The monoisotopic (exact) mass is 424 g/mol. The Morgan fingerprint density at radius 1 is 1.19 bits per heavy atom. The van der Waals surface area contributed by atoms with Crippen molar-refractivity contribution in [1.82, 2.24) is 20.2 Å². The minimum absolute atomic E-state index is 0.0918. The van der Waals surface area contributed by atoms with Gasteiger partial charge in [-0.2, -0.15) is 0 Å². The zero-order chi connectivity index (χ0) is 22.4. The van der Waals surface area contributed by atoms with E-state index in [1.807, 2.05) is 74.0 Å². The first-order valence-corrected chi connectivity index (χ1v) is 11.2. The number of benzene rings is 1. The standard InChI is InChI=1S/C24H36N6O/c1-6-30(21-11-7-9-18(2)13-21)23(31)17-29(5)16-20-14-22(28(3)4)27-24(26-20)19-10-8-12-25-15-19/h7,9,11,13-14,19,25H,6,8,10,12,15-17H2,1-5H3. The van der Waals surface area contributed by atoms with Gasteiger partial charge in [-0.1, -0.05) is 12.1 Å². The second-order valence-corrected chi connectivity index (χ2v) is 8.66. The highest BCUT2D eigenvalue weighted by Crippen LogP contribution is 2.23. The SMILES string of the molecule is CCN(C(=O)CN(C)Cc1cc(N(C)C)nc(C2CCCNC2)n1)c1cccc(C)c1. The molecule has 1 aromatic heterocycles. The quantitative estimate of drug-likeness (QED) is 0.703. The molecule has 1 saturated heterocycles. The van der Waals surface area contributed by atoms with Gasteiger partial charge >= 0.3 is 0 Å². The van der Waals surface area contributed by atoms with E-state index >= 15 is 0 Å². The lowest BCUT2D eigenvalue weighted by Crippen LogP contribution is -2.39. The molecular formula is C24H36N6O. The molecule has 168 valence electrons. The first-order valence-electron chi connectivity index (χ1n) is 11.2. The summed E-state index contributed by atoms with van der Waals surface area (Å²) in [6.07, 6.45) is 2.26. The lowest BCUT2D eigenvalue weighted by atomic mass is 9.99. The summed E-state index contributed by atoms with van der Waals surface area (Å²) in [7, 11) is 5.98. The molecule has 0 radical (unpaired) electrons. The maximum absolute atomic E-state index is 13.0. The smallest absolute Gasteiger partial charge is 0.241 e. The van der Waals surface area contributed by atoms with Crippen molar-refractivity contribution in [3.63, 3.8) is 0 Å². The number of rotatable bonds is 8. The molecule has 0 bridgehead atoms. The second-order valence-electron chi connectivity index (χ2n) is 8.66. The van der Waals surface area contributed by atoms with Crippen LogP contribution in [0.25, 0.3) is 0 Å². The van der Waals surface area contributed by atoms with E-state index in [4.69, 9.17) is 9.97 Å². The highest BCUT2D eigenvalue weighted by atomic mass is 16.2. The van der Waals surface area contributed by atoms with E-state index in [-0.39, 0.29) is 5.91 Å². The number of aryl methyl sites for hydroxylation is 1. The molecule has 1 aliphatic heterocycles. The molecule has 1 aliphatic rings. The fourth-order valence-electron chi connectivity index (χ4n) is 4.02. The van der Waals surface area contributed by atoms with Crippen molar-refractivity contribution in [2.45, 2.75) is 39.2 Å². The molecule has 7 nitrogen and oxygen atoms in total. The summed E-state index contributed by atoms with van der Waals surface area (Å²) in [4.78, 5) is 28.6. The predicted molar refractivity (Wildman–Crippen MR) is 127 cm³/mol. The number of amides is 1. The van der Waals surface area contributed by atoms with Crippen LogP contribution in [-0.4, -0.2) is 68.1 Å². The number of hydrogen-bond acceptors (Lipinski definition) is 6. The van der Waals surface area contributed by atoms with E-state index in [0.717, 1.165) is 54.5 Å². The summed E-state index contributed by atoms with van der Waals surface area (Å²) in [6, 6.07) is 10.1. The van der Waals surface area contributed by atoms with E-state index in [1.54, 1.807) is 0 Å².